The van der Waals surface area contributed by atoms with Gasteiger partial charge in [0, 0.05) is 10.6 Å². The van der Waals surface area contributed by atoms with Crippen LogP contribution >= 0.6 is 11.6 Å². The fourth-order valence-electron chi connectivity index (χ4n) is 2.59. The first-order valence-electron chi connectivity index (χ1n) is 6.96. The zero-order valence-corrected chi connectivity index (χ0v) is 12.3. The molecule has 3 atom stereocenters. The van der Waals surface area contributed by atoms with Gasteiger partial charge in [-0.2, -0.15) is 0 Å². The lowest BCUT2D eigenvalue weighted by Gasteiger charge is -2.31. The van der Waals surface area contributed by atoms with Gasteiger partial charge in [0.1, 0.15) is 6.61 Å². The van der Waals surface area contributed by atoms with E-state index in [0.717, 1.165) is 18.8 Å². The molecule has 2 rings (SSSR count). The van der Waals surface area contributed by atoms with Crippen LogP contribution in [0.4, 0.5) is 0 Å². The number of hydrogen-bond donors (Lipinski definition) is 0. The summed E-state index contributed by atoms with van der Waals surface area (Å²) >= 11 is 5.88. The van der Waals surface area contributed by atoms with Crippen molar-refractivity contribution in [1.82, 2.24) is 0 Å². The van der Waals surface area contributed by atoms with Crippen LogP contribution < -0.4 is 0 Å². The number of ether oxygens (including phenoxy) is 1. The number of carbonyl (C=O) groups is 1. The summed E-state index contributed by atoms with van der Waals surface area (Å²) in [6.45, 7) is 4.71. The summed E-state index contributed by atoms with van der Waals surface area (Å²) in [5.41, 5.74) is 0.629. The van der Waals surface area contributed by atoms with E-state index in [1.54, 1.807) is 24.3 Å². The van der Waals surface area contributed by atoms with Crippen molar-refractivity contribution in [1.29, 1.82) is 0 Å². The van der Waals surface area contributed by atoms with E-state index in [1.165, 1.54) is 6.42 Å². The van der Waals surface area contributed by atoms with Gasteiger partial charge in [0.05, 0.1) is 6.10 Å². The fourth-order valence-corrected chi connectivity index (χ4v) is 2.78. The van der Waals surface area contributed by atoms with Crippen LogP contribution in [-0.2, 0) is 4.74 Å². The van der Waals surface area contributed by atoms with E-state index in [2.05, 4.69) is 13.8 Å². The van der Waals surface area contributed by atoms with Gasteiger partial charge in [-0.15, -0.1) is 0 Å². The van der Waals surface area contributed by atoms with Crippen LogP contribution in [0.25, 0.3) is 0 Å². The summed E-state index contributed by atoms with van der Waals surface area (Å²) in [5.74, 6) is 1.46. The number of ketones is 1. The van der Waals surface area contributed by atoms with E-state index in [-0.39, 0.29) is 18.5 Å². The quantitative estimate of drug-likeness (QED) is 0.766. The Labute approximate surface area is 120 Å². The molecule has 2 nitrogen and oxygen atoms in total. The molecule has 1 aromatic carbocycles. The molecule has 0 spiro atoms. The maximum absolute atomic E-state index is 12.0. The second-order valence-electron chi connectivity index (χ2n) is 5.63. The predicted molar refractivity (Wildman–Crippen MR) is 77.7 cm³/mol. The van der Waals surface area contributed by atoms with Crippen LogP contribution in [0.5, 0.6) is 0 Å². The Hall–Kier alpha value is -0.860. The smallest absolute Gasteiger partial charge is 0.188 e. The van der Waals surface area contributed by atoms with Crippen molar-refractivity contribution in [3.05, 3.63) is 34.9 Å². The molecule has 0 radical (unpaired) electrons. The average molecular weight is 281 g/mol. The Balaban J connectivity index is 1.84. The number of benzene rings is 1. The van der Waals surface area contributed by atoms with Gasteiger partial charge in [-0.1, -0.05) is 37.6 Å². The van der Waals surface area contributed by atoms with Crippen molar-refractivity contribution in [3.8, 4) is 0 Å². The highest BCUT2D eigenvalue weighted by Gasteiger charge is 2.25. The number of rotatable bonds is 4. The summed E-state index contributed by atoms with van der Waals surface area (Å²) in [6.07, 6.45) is 3.55. The van der Waals surface area contributed by atoms with E-state index in [9.17, 15) is 4.79 Å². The van der Waals surface area contributed by atoms with E-state index in [0.29, 0.717) is 16.5 Å². The fraction of sp³-hybridized carbons (Fsp3) is 0.562. The second kappa shape index (κ2) is 6.53. The van der Waals surface area contributed by atoms with Crippen LogP contribution in [0.1, 0.15) is 43.5 Å². The molecule has 0 amide bonds. The monoisotopic (exact) mass is 280 g/mol. The Morgan fingerprint density at radius 3 is 2.79 bits per heavy atom. The van der Waals surface area contributed by atoms with Crippen LogP contribution in [0.2, 0.25) is 5.02 Å². The van der Waals surface area contributed by atoms with Crippen molar-refractivity contribution in [2.24, 2.45) is 11.8 Å². The van der Waals surface area contributed by atoms with Crippen molar-refractivity contribution in [2.45, 2.75) is 39.2 Å². The Morgan fingerprint density at radius 2 is 2.11 bits per heavy atom. The summed E-state index contributed by atoms with van der Waals surface area (Å²) < 4.78 is 5.77. The maximum atomic E-state index is 12.0. The third kappa shape index (κ3) is 4.05. The second-order valence-corrected chi connectivity index (χ2v) is 6.07. The van der Waals surface area contributed by atoms with Crippen LogP contribution in [0.3, 0.4) is 0 Å². The largest absolute Gasteiger partial charge is 0.370 e. The maximum Gasteiger partial charge on any atom is 0.188 e. The zero-order chi connectivity index (χ0) is 13.8. The van der Waals surface area contributed by atoms with Crippen LogP contribution in [-0.4, -0.2) is 18.5 Å². The molecular formula is C16H21ClO2. The summed E-state index contributed by atoms with van der Waals surface area (Å²) in [6, 6.07) is 7.03. The van der Waals surface area contributed by atoms with Crippen molar-refractivity contribution < 1.29 is 9.53 Å². The first-order valence-corrected chi connectivity index (χ1v) is 7.34. The van der Waals surface area contributed by atoms with Crippen molar-refractivity contribution in [2.75, 3.05) is 6.61 Å². The summed E-state index contributed by atoms with van der Waals surface area (Å²) in [4.78, 5) is 12.0. The van der Waals surface area contributed by atoms with Gasteiger partial charge in [-0.05, 0) is 43.2 Å². The van der Waals surface area contributed by atoms with E-state index in [1.807, 2.05) is 0 Å². The van der Waals surface area contributed by atoms with Gasteiger partial charge in [-0.25, -0.2) is 0 Å². The Kier molecular flexibility index (Phi) is 5.00. The lowest BCUT2D eigenvalue weighted by atomic mass is 9.80. The van der Waals surface area contributed by atoms with Crippen LogP contribution in [0, 0.1) is 11.8 Å². The van der Waals surface area contributed by atoms with Gasteiger partial charge in [0.25, 0.3) is 0 Å². The molecule has 0 saturated heterocycles. The highest BCUT2D eigenvalue weighted by molar-refractivity contribution is 6.31. The normalized spacial score (nSPS) is 27.2. The lowest BCUT2D eigenvalue weighted by molar-refractivity contribution is 0.00708. The Bertz CT molecular complexity index is 444. The highest BCUT2D eigenvalue weighted by Crippen LogP contribution is 2.30. The van der Waals surface area contributed by atoms with E-state index < -0.39 is 0 Å². The molecule has 1 saturated carbocycles. The Morgan fingerprint density at radius 1 is 1.32 bits per heavy atom. The number of carbonyl (C=O) groups excluding carboxylic acids is 1. The first kappa shape index (κ1) is 14.5. The molecule has 0 aliphatic heterocycles. The third-order valence-electron chi connectivity index (χ3n) is 4.15. The standard InChI is InChI=1S/C16H21ClO2/c1-11-6-7-15(8-12(11)2)19-10-16(18)13-4-3-5-14(17)9-13/h3-5,9,11-12,15H,6-8,10H2,1-2H3. The molecule has 1 aromatic rings. The molecule has 0 N–H and O–H groups in total. The number of halogens is 1. The summed E-state index contributed by atoms with van der Waals surface area (Å²) in [5, 5.41) is 0.589. The highest BCUT2D eigenvalue weighted by atomic mass is 35.5. The molecule has 1 fully saturated rings. The van der Waals surface area contributed by atoms with Gasteiger partial charge < -0.3 is 4.74 Å². The number of hydrogen-bond acceptors (Lipinski definition) is 2. The minimum Gasteiger partial charge on any atom is -0.370 e. The molecule has 1 aliphatic carbocycles. The molecule has 3 unspecified atom stereocenters. The van der Waals surface area contributed by atoms with Gasteiger partial charge in [-0.3, -0.25) is 4.79 Å². The molecule has 0 bridgehead atoms. The van der Waals surface area contributed by atoms with Gasteiger partial charge in [0.2, 0.25) is 0 Å². The molecular weight excluding hydrogens is 260 g/mol. The molecule has 3 heteroatoms. The first-order chi connectivity index (χ1) is 9.06. The number of Topliss-reactive ketones (excluding diaryl/α,β-unsaturated/α-hetero) is 1. The van der Waals surface area contributed by atoms with Gasteiger partial charge >= 0.3 is 0 Å². The lowest BCUT2D eigenvalue weighted by Crippen LogP contribution is -2.28. The van der Waals surface area contributed by atoms with Crippen molar-refractivity contribution in [3.63, 3.8) is 0 Å². The average Bonchev–Trinajstić information content (AvgIpc) is 2.40. The minimum absolute atomic E-state index is 0.00813. The van der Waals surface area contributed by atoms with Crippen molar-refractivity contribution >= 4 is 17.4 Å². The van der Waals surface area contributed by atoms with Gasteiger partial charge in [0.15, 0.2) is 5.78 Å². The van der Waals surface area contributed by atoms with Crippen LogP contribution in [0.15, 0.2) is 24.3 Å². The molecule has 104 valence electrons. The van der Waals surface area contributed by atoms with E-state index in [4.69, 9.17) is 16.3 Å². The molecule has 0 aromatic heterocycles. The molecule has 1 aliphatic rings. The predicted octanol–water partition coefficient (Wildman–Crippen LogP) is 4.36. The molecule has 0 heterocycles. The molecule has 19 heavy (non-hydrogen) atoms. The zero-order valence-electron chi connectivity index (χ0n) is 11.6. The van der Waals surface area contributed by atoms with E-state index >= 15 is 0 Å². The minimum atomic E-state index is 0.00813. The SMILES string of the molecule is CC1CCC(OCC(=O)c2cccc(Cl)c2)CC1C. The third-order valence-corrected chi connectivity index (χ3v) is 4.38. The topological polar surface area (TPSA) is 26.3 Å². The summed E-state index contributed by atoms with van der Waals surface area (Å²) in [7, 11) is 0.